The van der Waals surface area contributed by atoms with Gasteiger partial charge in [-0.2, -0.15) is 13.2 Å². The van der Waals surface area contributed by atoms with Crippen LogP contribution in [0.15, 0.2) is 72.8 Å². The summed E-state index contributed by atoms with van der Waals surface area (Å²) in [6, 6.07) is 18.1. The van der Waals surface area contributed by atoms with Crippen molar-refractivity contribution in [1.82, 2.24) is 5.32 Å². The first-order valence-corrected chi connectivity index (χ1v) is 9.56. The van der Waals surface area contributed by atoms with Crippen molar-refractivity contribution in [2.45, 2.75) is 6.18 Å². The molecule has 8 heteroatoms. The van der Waals surface area contributed by atoms with Gasteiger partial charge in [0.2, 0.25) is 0 Å². The normalized spacial score (nSPS) is 13.8. The topological polar surface area (TPSA) is 61.4 Å². The predicted molar refractivity (Wildman–Crippen MR) is 112 cm³/mol. The zero-order chi connectivity index (χ0) is 22.0. The average Bonchev–Trinajstić information content (AvgIpc) is 3.19. The molecule has 1 saturated heterocycles. The number of carbonyl (C=O) groups is 2. The molecule has 3 aromatic carbocycles. The van der Waals surface area contributed by atoms with Crippen molar-refractivity contribution in [3.63, 3.8) is 0 Å². The zero-order valence-corrected chi connectivity index (χ0v) is 16.2. The van der Waals surface area contributed by atoms with Crippen molar-refractivity contribution in [1.29, 1.82) is 0 Å². The second-order valence-electron chi connectivity index (χ2n) is 7.01. The van der Waals surface area contributed by atoms with Crippen molar-refractivity contribution in [3.8, 4) is 11.1 Å². The lowest BCUT2D eigenvalue weighted by Gasteiger charge is -2.16. The number of benzene rings is 3. The third kappa shape index (κ3) is 4.37. The summed E-state index contributed by atoms with van der Waals surface area (Å²) in [5.74, 6) is -0.404. The molecule has 1 aliphatic heterocycles. The number of nitrogens with one attached hydrogen (secondary N) is 2. The second kappa shape index (κ2) is 8.14. The fraction of sp³-hybridized carbons (Fsp3) is 0.130. The Hall–Kier alpha value is -3.81. The summed E-state index contributed by atoms with van der Waals surface area (Å²) in [6.07, 6.45) is -4.42. The monoisotopic (exact) mass is 425 g/mol. The van der Waals surface area contributed by atoms with Crippen LogP contribution < -0.4 is 15.5 Å². The summed E-state index contributed by atoms with van der Waals surface area (Å²) in [4.78, 5) is 26.4. The van der Waals surface area contributed by atoms with Crippen molar-refractivity contribution in [2.24, 2.45) is 0 Å². The Labute approximate surface area is 176 Å². The van der Waals surface area contributed by atoms with Crippen LogP contribution in [0.1, 0.15) is 15.9 Å². The van der Waals surface area contributed by atoms with Gasteiger partial charge < -0.3 is 10.6 Å². The van der Waals surface area contributed by atoms with Gasteiger partial charge in [0, 0.05) is 30.0 Å². The van der Waals surface area contributed by atoms with E-state index in [2.05, 4.69) is 10.6 Å². The Balaban J connectivity index is 1.59. The molecule has 1 fully saturated rings. The molecular weight excluding hydrogens is 407 g/mol. The van der Waals surface area contributed by atoms with Gasteiger partial charge in [0.05, 0.1) is 5.56 Å². The van der Waals surface area contributed by atoms with Crippen molar-refractivity contribution < 1.29 is 22.8 Å². The van der Waals surface area contributed by atoms with Crippen molar-refractivity contribution in [2.75, 3.05) is 23.3 Å². The molecule has 0 saturated carbocycles. The lowest BCUT2D eigenvalue weighted by molar-refractivity contribution is -0.137. The quantitative estimate of drug-likeness (QED) is 0.607. The number of alkyl halides is 3. The Morgan fingerprint density at radius 1 is 0.968 bits per heavy atom. The summed E-state index contributed by atoms with van der Waals surface area (Å²) in [5, 5.41) is 5.53. The molecule has 158 valence electrons. The van der Waals surface area contributed by atoms with E-state index in [1.165, 1.54) is 12.1 Å². The molecule has 2 N–H and O–H groups in total. The van der Waals surface area contributed by atoms with Crippen LogP contribution in [0.4, 0.5) is 29.3 Å². The van der Waals surface area contributed by atoms with E-state index in [1.807, 2.05) is 0 Å². The van der Waals surface area contributed by atoms with Gasteiger partial charge >= 0.3 is 12.2 Å². The van der Waals surface area contributed by atoms with Gasteiger partial charge in [0.25, 0.3) is 5.91 Å². The molecule has 3 amide bonds. The van der Waals surface area contributed by atoms with Crippen LogP contribution in [-0.2, 0) is 6.18 Å². The summed E-state index contributed by atoms with van der Waals surface area (Å²) in [5.41, 5.74) is 1.76. The Kier molecular flexibility index (Phi) is 5.37. The first-order valence-electron chi connectivity index (χ1n) is 9.56. The van der Waals surface area contributed by atoms with E-state index in [0.717, 1.165) is 12.1 Å². The van der Waals surface area contributed by atoms with E-state index in [4.69, 9.17) is 0 Å². The highest BCUT2D eigenvalue weighted by atomic mass is 19.4. The largest absolute Gasteiger partial charge is 0.416 e. The number of nitrogens with zero attached hydrogens (tertiary/aromatic N) is 1. The molecule has 0 bridgehead atoms. The maximum absolute atomic E-state index is 12.9. The SMILES string of the molecule is O=C(Nc1cccc(N2CCNC2=O)c1)c1ccccc1-c1ccc(C(F)(F)F)cc1. The van der Waals surface area contributed by atoms with Crippen LogP contribution in [0.25, 0.3) is 11.1 Å². The van der Waals surface area contributed by atoms with E-state index in [0.29, 0.717) is 41.2 Å². The minimum absolute atomic E-state index is 0.198. The number of hydrogen-bond acceptors (Lipinski definition) is 2. The first-order chi connectivity index (χ1) is 14.8. The molecule has 31 heavy (non-hydrogen) atoms. The summed E-state index contributed by atoms with van der Waals surface area (Å²) in [7, 11) is 0. The summed E-state index contributed by atoms with van der Waals surface area (Å²) < 4.78 is 38.5. The van der Waals surface area contributed by atoms with E-state index >= 15 is 0 Å². The number of carbonyl (C=O) groups excluding carboxylic acids is 2. The van der Waals surface area contributed by atoms with Gasteiger partial charge in [-0.05, 0) is 47.5 Å². The average molecular weight is 425 g/mol. The van der Waals surface area contributed by atoms with Gasteiger partial charge in [0.15, 0.2) is 0 Å². The molecular formula is C23H18F3N3O2. The maximum atomic E-state index is 12.9. The van der Waals surface area contributed by atoms with E-state index < -0.39 is 17.6 Å². The Morgan fingerprint density at radius 3 is 2.39 bits per heavy atom. The summed E-state index contributed by atoms with van der Waals surface area (Å²) >= 11 is 0. The van der Waals surface area contributed by atoms with Crippen molar-refractivity contribution in [3.05, 3.63) is 83.9 Å². The number of urea groups is 1. The minimum Gasteiger partial charge on any atom is -0.336 e. The maximum Gasteiger partial charge on any atom is 0.416 e. The molecule has 0 spiro atoms. The fourth-order valence-corrected chi connectivity index (χ4v) is 3.44. The lowest BCUT2D eigenvalue weighted by Crippen LogP contribution is -2.27. The van der Waals surface area contributed by atoms with Crippen LogP contribution in [-0.4, -0.2) is 25.0 Å². The first kappa shape index (κ1) is 20.5. The predicted octanol–water partition coefficient (Wildman–Crippen LogP) is 5.15. The molecule has 1 aliphatic rings. The van der Waals surface area contributed by atoms with Gasteiger partial charge in [-0.15, -0.1) is 0 Å². The molecule has 0 aliphatic carbocycles. The number of halogens is 3. The van der Waals surface area contributed by atoms with Crippen LogP contribution in [0.5, 0.6) is 0 Å². The highest BCUT2D eigenvalue weighted by molar-refractivity contribution is 6.09. The Bertz CT molecular complexity index is 1130. The van der Waals surface area contributed by atoms with E-state index in [9.17, 15) is 22.8 Å². The third-order valence-electron chi connectivity index (χ3n) is 4.97. The minimum atomic E-state index is -4.42. The molecule has 0 unspecified atom stereocenters. The number of hydrogen-bond donors (Lipinski definition) is 2. The number of rotatable bonds is 4. The highest BCUT2D eigenvalue weighted by Gasteiger charge is 2.30. The van der Waals surface area contributed by atoms with Crippen LogP contribution in [0.3, 0.4) is 0 Å². The smallest absolute Gasteiger partial charge is 0.336 e. The van der Waals surface area contributed by atoms with Gasteiger partial charge in [-0.3, -0.25) is 9.69 Å². The highest BCUT2D eigenvalue weighted by Crippen LogP contribution is 2.32. The fourth-order valence-electron chi connectivity index (χ4n) is 3.44. The molecule has 0 aromatic heterocycles. The van der Waals surface area contributed by atoms with Crippen LogP contribution >= 0.6 is 0 Å². The lowest BCUT2D eigenvalue weighted by atomic mass is 9.98. The van der Waals surface area contributed by atoms with Gasteiger partial charge in [-0.1, -0.05) is 36.4 Å². The molecule has 3 aromatic rings. The summed E-state index contributed by atoms with van der Waals surface area (Å²) in [6.45, 7) is 1.09. The van der Waals surface area contributed by atoms with E-state index in [1.54, 1.807) is 53.4 Å². The second-order valence-corrected chi connectivity index (χ2v) is 7.01. The third-order valence-corrected chi connectivity index (χ3v) is 4.97. The van der Waals surface area contributed by atoms with Gasteiger partial charge in [0.1, 0.15) is 0 Å². The number of anilines is 2. The molecule has 4 rings (SSSR count). The molecule has 1 heterocycles. The van der Waals surface area contributed by atoms with Crippen molar-refractivity contribution >= 4 is 23.3 Å². The molecule has 5 nitrogen and oxygen atoms in total. The van der Waals surface area contributed by atoms with Crippen LogP contribution in [0.2, 0.25) is 0 Å². The van der Waals surface area contributed by atoms with E-state index in [-0.39, 0.29) is 6.03 Å². The van der Waals surface area contributed by atoms with Gasteiger partial charge in [-0.25, -0.2) is 4.79 Å². The Morgan fingerprint density at radius 2 is 1.71 bits per heavy atom. The van der Waals surface area contributed by atoms with Crippen LogP contribution in [0, 0.1) is 0 Å². The molecule has 0 radical (unpaired) electrons. The zero-order valence-electron chi connectivity index (χ0n) is 16.2. The number of amides is 3. The molecule has 0 atom stereocenters. The standard InChI is InChI=1S/C23H18F3N3O2/c24-23(25,26)16-10-8-15(9-11-16)19-6-1-2-7-20(19)21(30)28-17-4-3-5-18(14-17)29-13-12-27-22(29)31/h1-11,14H,12-13H2,(H,27,31)(H,28,30).